The van der Waals surface area contributed by atoms with Gasteiger partial charge in [0.2, 0.25) is 0 Å². The zero-order valence-corrected chi connectivity index (χ0v) is 10.2. The fraction of sp³-hybridized carbons (Fsp3) is 0.900. The molecule has 0 bridgehead atoms. The molecular weight excluding hydrogens is 208 g/mol. The van der Waals surface area contributed by atoms with Gasteiger partial charge < -0.3 is 10.1 Å². The second-order valence-corrected chi connectivity index (χ2v) is 3.68. The van der Waals surface area contributed by atoms with Gasteiger partial charge in [-0.3, -0.25) is 4.79 Å². The summed E-state index contributed by atoms with van der Waals surface area (Å²) in [7, 11) is 0. The first-order valence-corrected chi connectivity index (χ1v) is 5.53. The van der Waals surface area contributed by atoms with Crippen molar-refractivity contribution >= 4 is 5.97 Å². The van der Waals surface area contributed by atoms with Gasteiger partial charge in [0.1, 0.15) is 5.54 Å². The van der Waals surface area contributed by atoms with Gasteiger partial charge in [-0.25, -0.2) is 0 Å². The number of nitrogens with zero attached hydrogens (tertiary/aromatic N) is 3. The molecular formula is C10H20N4O2. The third-order valence-electron chi connectivity index (χ3n) is 2.27. The highest BCUT2D eigenvalue weighted by molar-refractivity contribution is 5.80. The van der Waals surface area contributed by atoms with Crippen molar-refractivity contribution in [1.29, 1.82) is 0 Å². The molecule has 0 aliphatic carbocycles. The van der Waals surface area contributed by atoms with Crippen molar-refractivity contribution < 1.29 is 9.53 Å². The quantitative estimate of drug-likeness (QED) is 0.226. The summed E-state index contributed by atoms with van der Waals surface area (Å²) >= 11 is 0. The highest BCUT2D eigenvalue weighted by Crippen LogP contribution is 2.14. The van der Waals surface area contributed by atoms with Crippen LogP contribution in [0.25, 0.3) is 10.4 Å². The number of hydrogen-bond acceptors (Lipinski definition) is 4. The van der Waals surface area contributed by atoms with Crippen molar-refractivity contribution in [3.63, 3.8) is 0 Å². The molecule has 0 radical (unpaired) electrons. The van der Waals surface area contributed by atoms with Crippen LogP contribution in [0, 0.1) is 0 Å². The summed E-state index contributed by atoms with van der Waals surface area (Å²) in [6, 6.07) is 0. The van der Waals surface area contributed by atoms with Crippen LogP contribution in [-0.2, 0) is 9.53 Å². The molecule has 0 amide bonds. The smallest absolute Gasteiger partial charge is 0.326 e. The minimum Gasteiger partial charge on any atom is -0.465 e. The lowest BCUT2D eigenvalue weighted by atomic mass is 9.96. The predicted octanol–water partition coefficient (Wildman–Crippen LogP) is 2.01. The maximum Gasteiger partial charge on any atom is 0.326 e. The average molecular weight is 228 g/mol. The Kier molecular flexibility index (Phi) is 7.33. The van der Waals surface area contributed by atoms with Crippen molar-refractivity contribution in [2.75, 3.05) is 19.7 Å². The number of carbonyl (C=O) groups excluding carboxylic acids is 1. The van der Waals surface area contributed by atoms with Gasteiger partial charge in [0.05, 0.1) is 6.61 Å². The Hall–Kier alpha value is -1.26. The Bertz CT molecular complexity index is 264. The van der Waals surface area contributed by atoms with E-state index in [0.29, 0.717) is 26.1 Å². The second kappa shape index (κ2) is 7.96. The summed E-state index contributed by atoms with van der Waals surface area (Å²) in [5.74, 6) is -0.252. The number of ether oxygens (including phenoxy) is 1. The van der Waals surface area contributed by atoms with E-state index in [1.54, 1.807) is 6.92 Å². The van der Waals surface area contributed by atoms with Crippen LogP contribution in [-0.4, -0.2) is 31.2 Å². The summed E-state index contributed by atoms with van der Waals surface area (Å²) in [4.78, 5) is 14.4. The minimum atomic E-state index is -0.685. The molecule has 0 aromatic carbocycles. The molecule has 1 atom stereocenters. The summed E-state index contributed by atoms with van der Waals surface area (Å²) in [6.07, 6.45) is 1.58. The van der Waals surface area contributed by atoms with Crippen LogP contribution < -0.4 is 5.32 Å². The molecule has 16 heavy (non-hydrogen) atoms. The SMILES string of the molecule is CCCC(C)(NCCN=[N+]=[N-])C(=O)OCC. The summed E-state index contributed by atoms with van der Waals surface area (Å²) in [5.41, 5.74) is 7.45. The van der Waals surface area contributed by atoms with Crippen molar-refractivity contribution in [2.45, 2.75) is 39.2 Å². The second-order valence-electron chi connectivity index (χ2n) is 3.68. The highest BCUT2D eigenvalue weighted by atomic mass is 16.5. The number of azide groups is 1. The normalized spacial score (nSPS) is 13.7. The van der Waals surface area contributed by atoms with E-state index in [2.05, 4.69) is 15.3 Å². The van der Waals surface area contributed by atoms with Crippen LogP contribution in [0.15, 0.2) is 5.11 Å². The number of esters is 1. The third kappa shape index (κ3) is 5.00. The molecule has 0 heterocycles. The van der Waals surface area contributed by atoms with Gasteiger partial charge in [-0.05, 0) is 25.8 Å². The van der Waals surface area contributed by atoms with E-state index in [1.165, 1.54) is 0 Å². The van der Waals surface area contributed by atoms with Crippen molar-refractivity contribution in [3.05, 3.63) is 10.4 Å². The number of hydrogen-bond donors (Lipinski definition) is 1. The maximum absolute atomic E-state index is 11.7. The molecule has 6 nitrogen and oxygen atoms in total. The van der Waals surface area contributed by atoms with Gasteiger partial charge in [0, 0.05) is 18.0 Å². The van der Waals surface area contributed by atoms with Gasteiger partial charge >= 0.3 is 5.97 Å². The van der Waals surface area contributed by atoms with E-state index < -0.39 is 5.54 Å². The van der Waals surface area contributed by atoms with Crippen molar-refractivity contribution in [1.82, 2.24) is 5.32 Å². The molecule has 0 fully saturated rings. The molecule has 1 unspecified atom stereocenters. The molecule has 0 saturated carbocycles. The average Bonchev–Trinajstić information content (AvgIpc) is 2.25. The van der Waals surface area contributed by atoms with Crippen LogP contribution in [0.3, 0.4) is 0 Å². The van der Waals surface area contributed by atoms with Gasteiger partial charge in [-0.15, -0.1) is 0 Å². The lowest BCUT2D eigenvalue weighted by Gasteiger charge is -2.27. The zero-order chi connectivity index (χ0) is 12.4. The first-order valence-electron chi connectivity index (χ1n) is 5.53. The van der Waals surface area contributed by atoms with Gasteiger partial charge in [-0.1, -0.05) is 18.5 Å². The van der Waals surface area contributed by atoms with Crippen LogP contribution in [0.2, 0.25) is 0 Å². The molecule has 0 aliphatic rings. The number of carbonyl (C=O) groups is 1. The van der Waals surface area contributed by atoms with Crippen LogP contribution >= 0.6 is 0 Å². The fourth-order valence-electron chi connectivity index (χ4n) is 1.48. The Morgan fingerprint density at radius 1 is 1.56 bits per heavy atom. The highest BCUT2D eigenvalue weighted by Gasteiger charge is 2.32. The Morgan fingerprint density at radius 3 is 2.75 bits per heavy atom. The van der Waals surface area contributed by atoms with E-state index in [4.69, 9.17) is 10.3 Å². The topological polar surface area (TPSA) is 87.1 Å². The summed E-state index contributed by atoms with van der Waals surface area (Å²) < 4.78 is 5.01. The molecule has 0 rings (SSSR count). The van der Waals surface area contributed by atoms with Crippen molar-refractivity contribution in [3.8, 4) is 0 Å². The van der Waals surface area contributed by atoms with E-state index in [1.807, 2.05) is 13.8 Å². The largest absolute Gasteiger partial charge is 0.465 e. The lowest BCUT2D eigenvalue weighted by molar-refractivity contribution is -0.150. The predicted molar refractivity (Wildman–Crippen MR) is 62.0 cm³/mol. The van der Waals surface area contributed by atoms with Crippen molar-refractivity contribution in [2.24, 2.45) is 5.11 Å². The lowest BCUT2D eigenvalue weighted by Crippen LogP contribution is -2.51. The maximum atomic E-state index is 11.7. The van der Waals surface area contributed by atoms with E-state index in [-0.39, 0.29) is 5.97 Å². The molecule has 92 valence electrons. The Balaban J connectivity index is 4.30. The molecule has 0 spiro atoms. The molecule has 0 saturated heterocycles. The minimum absolute atomic E-state index is 0.252. The van der Waals surface area contributed by atoms with Gasteiger partial charge in [0.25, 0.3) is 0 Å². The molecule has 6 heteroatoms. The van der Waals surface area contributed by atoms with Crippen LogP contribution in [0.4, 0.5) is 0 Å². The monoisotopic (exact) mass is 228 g/mol. The van der Waals surface area contributed by atoms with Gasteiger partial charge in [-0.2, -0.15) is 0 Å². The first kappa shape index (κ1) is 14.7. The van der Waals surface area contributed by atoms with E-state index in [0.717, 1.165) is 6.42 Å². The van der Waals surface area contributed by atoms with Crippen LogP contribution in [0.1, 0.15) is 33.6 Å². The molecule has 0 aromatic rings. The molecule has 1 N–H and O–H groups in total. The fourth-order valence-corrected chi connectivity index (χ4v) is 1.48. The van der Waals surface area contributed by atoms with E-state index >= 15 is 0 Å². The van der Waals surface area contributed by atoms with E-state index in [9.17, 15) is 4.79 Å². The molecule has 0 aliphatic heterocycles. The first-order chi connectivity index (χ1) is 7.60. The Labute approximate surface area is 96.0 Å². The van der Waals surface area contributed by atoms with Gasteiger partial charge in [0.15, 0.2) is 0 Å². The molecule has 0 aromatic heterocycles. The number of rotatable bonds is 8. The zero-order valence-electron chi connectivity index (χ0n) is 10.2. The summed E-state index contributed by atoms with van der Waals surface area (Å²) in [5, 5.41) is 6.48. The standard InChI is InChI=1S/C10H20N4O2/c1-4-6-10(3,9(15)16-5-2)12-7-8-13-14-11/h12H,4-8H2,1-3H3. The van der Waals surface area contributed by atoms with Crippen LogP contribution in [0.5, 0.6) is 0 Å². The summed E-state index contributed by atoms with van der Waals surface area (Å²) in [6.45, 7) is 6.77. The Morgan fingerprint density at radius 2 is 2.25 bits per heavy atom. The third-order valence-corrected chi connectivity index (χ3v) is 2.27. The number of nitrogens with one attached hydrogen (secondary N) is 1.